The van der Waals surface area contributed by atoms with Crippen molar-refractivity contribution in [2.75, 3.05) is 18.5 Å². The van der Waals surface area contributed by atoms with Crippen LogP contribution < -0.4 is 14.8 Å². The Morgan fingerprint density at radius 1 is 1.38 bits per heavy atom. The number of fused-ring (bicyclic) bond motifs is 1. The van der Waals surface area contributed by atoms with Gasteiger partial charge in [0.25, 0.3) is 5.91 Å². The number of carbonyl (C=O) groups is 1. The fourth-order valence-corrected chi connectivity index (χ4v) is 2.30. The number of ether oxygens (including phenoxy) is 2. The van der Waals surface area contributed by atoms with Gasteiger partial charge in [-0.05, 0) is 12.1 Å². The van der Waals surface area contributed by atoms with Crippen LogP contribution in [0.3, 0.4) is 0 Å². The molecule has 0 bridgehead atoms. The second kappa shape index (κ2) is 5.65. The lowest BCUT2D eigenvalue weighted by Gasteiger charge is -2.11. The Morgan fingerprint density at radius 3 is 2.95 bits per heavy atom. The number of hydrogen-bond acceptors (Lipinski definition) is 4. The van der Waals surface area contributed by atoms with Crippen molar-refractivity contribution < 1.29 is 14.3 Å². The molecule has 0 spiro atoms. The first-order chi connectivity index (χ1) is 10.1. The monoisotopic (exact) mass is 307 g/mol. The Morgan fingerprint density at radius 2 is 2.19 bits per heavy atom. The van der Waals surface area contributed by atoms with Gasteiger partial charge in [0, 0.05) is 31.3 Å². The summed E-state index contributed by atoms with van der Waals surface area (Å²) in [6.45, 7) is 1.08. The molecule has 6 nitrogen and oxygen atoms in total. The molecule has 0 aliphatic carbocycles. The van der Waals surface area contributed by atoms with E-state index in [9.17, 15) is 4.79 Å². The lowest BCUT2D eigenvalue weighted by atomic mass is 10.2. The average molecular weight is 308 g/mol. The third-order valence-electron chi connectivity index (χ3n) is 3.02. The summed E-state index contributed by atoms with van der Waals surface area (Å²) in [4.78, 5) is 12.2. The van der Waals surface area contributed by atoms with E-state index in [2.05, 4.69) is 10.4 Å². The van der Waals surface area contributed by atoms with Crippen molar-refractivity contribution in [3.63, 3.8) is 0 Å². The van der Waals surface area contributed by atoms with E-state index in [0.29, 0.717) is 41.1 Å². The number of aryl methyl sites for hydroxylation is 1. The molecule has 0 fully saturated rings. The van der Waals surface area contributed by atoms with E-state index in [1.165, 1.54) is 0 Å². The van der Waals surface area contributed by atoms with Gasteiger partial charge in [0.1, 0.15) is 0 Å². The van der Waals surface area contributed by atoms with Gasteiger partial charge in [0.05, 0.1) is 18.2 Å². The van der Waals surface area contributed by atoms with E-state index < -0.39 is 0 Å². The first kappa shape index (κ1) is 13.8. The number of hydrogen-bond donors (Lipinski definition) is 1. The molecule has 0 saturated heterocycles. The normalized spacial score (nSPS) is 13.6. The summed E-state index contributed by atoms with van der Waals surface area (Å²) in [7, 11) is 1.78. The first-order valence-electron chi connectivity index (χ1n) is 6.53. The number of nitrogens with zero attached hydrogens (tertiary/aromatic N) is 2. The summed E-state index contributed by atoms with van der Waals surface area (Å²) in [5.41, 5.74) is 0.398. The highest BCUT2D eigenvalue weighted by molar-refractivity contribution is 6.32. The largest absolute Gasteiger partial charge is 0.489 e. The Bertz CT molecular complexity index is 684. The molecule has 1 N–H and O–H groups in total. The second-order valence-corrected chi connectivity index (χ2v) is 5.07. The molecule has 0 saturated carbocycles. The van der Waals surface area contributed by atoms with Gasteiger partial charge in [-0.1, -0.05) is 11.6 Å². The summed E-state index contributed by atoms with van der Waals surface area (Å²) < 4.78 is 12.7. The molecule has 0 radical (unpaired) electrons. The predicted molar refractivity (Wildman–Crippen MR) is 78.2 cm³/mol. The average Bonchev–Trinajstić information content (AvgIpc) is 2.72. The molecule has 0 atom stereocenters. The van der Waals surface area contributed by atoms with Crippen LogP contribution >= 0.6 is 11.6 Å². The highest BCUT2D eigenvalue weighted by Crippen LogP contribution is 2.38. The van der Waals surface area contributed by atoms with Crippen LogP contribution in [0.1, 0.15) is 16.8 Å². The van der Waals surface area contributed by atoms with Crippen molar-refractivity contribution in [1.82, 2.24) is 9.78 Å². The maximum atomic E-state index is 12.2. The number of anilines is 1. The minimum absolute atomic E-state index is 0.300. The van der Waals surface area contributed by atoms with Crippen LogP contribution in [0.25, 0.3) is 0 Å². The van der Waals surface area contributed by atoms with E-state index in [1.54, 1.807) is 36.1 Å². The van der Waals surface area contributed by atoms with Crippen LogP contribution in [0, 0.1) is 0 Å². The van der Waals surface area contributed by atoms with Crippen LogP contribution in [0.2, 0.25) is 5.02 Å². The zero-order chi connectivity index (χ0) is 14.8. The molecular weight excluding hydrogens is 294 g/mol. The number of halogens is 1. The topological polar surface area (TPSA) is 65.4 Å². The molecule has 1 aliphatic heterocycles. The molecule has 1 aromatic heterocycles. The Labute approximate surface area is 126 Å². The number of carbonyl (C=O) groups excluding carboxylic acids is 1. The van der Waals surface area contributed by atoms with Crippen LogP contribution in [0.5, 0.6) is 11.5 Å². The second-order valence-electron chi connectivity index (χ2n) is 4.66. The van der Waals surface area contributed by atoms with Crippen molar-refractivity contribution in [3.05, 3.63) is 35.0 Å². The summed E-state index contributed by atoms with van der Waals surface area (Å²) in [5, 5.41) is 7.16. The van der Waals surface area contributed by atoms with Crippen LogP contribution in [0.4, 0.5) is 5.82 Å². The predicted octanol–water partition coefficient (Wildman–Crippen LogP) is 2.49. The summed E-state index contributed by atoms with van der Waals surface area (Å²) in [6.07, 6.45) is 2.52. The molecule has 110 valence electrons. The molecule has 2 aromatic rings. The highest BCUT2D eigenvalue weighted by atomic mass is 35.5. The van der Waals surface area contributed by atoms with Crippen molar-refractivity contribution in [3.8, 4) is 11.5 Å². The molecule has 1 amide bonds. The fraction of sp³-hybridized carbons (Fsp3) is 0.286. The first-order valence-corrected chi connectivity index (χ1v) is 6.91. The maximum absolute atomic E-state index is 12.2. The van der Waals surface area contributed by atoms with E-state index in [0.717, 1.165) is 6.42 Å². The molecule has 21 heavy (non-hydrogen) atoms. The number of rotatable bonds is 2. The lowest BCUT2D eigenvalue weighted by molar-refractivity contribution is 0.102. The molecular formula is C14H14ClN3O3. The van der Waals surface area contributed by atoms with Gasteiger partial charge < -0.3 is 14.8 Å². The summed E-state index contributed by atoms with van der Waals surface area (Å²) in [6, 6.07) is 4.90. The van der Waals surface area contributed by atoms with Gasteiger partial charge in [-0.2, -0.15) is 5.10 Å². The minimum Gasteiger partial charge on any atom is -0.489 e. The van der Waals surface area contributed by atoms with Crippen molar-refractivity contribution in [2.45, 2.75) is 6.42 Å². The van der Waals surface area contributed by atoms with Gasteiger partial charge in [-0.25, -0.2) is 0 Å². The quantitative estimate of drug-likeness (QED) is 0.925. The van der Waals surface area contributed by atoms with Crippen molar-refractivity contribution in [2.24, 2.45) is 7.05 Å². The van der Waals surface area contributed by atoms with Crippen LogP contribution in [-0.2, 0) is 7.05 Å². The molecule has 7 heteroatoms. The van der Waals surface area contributed by atoms with Crippen molar-refractivity contribution >= 4 is 23.3 Å². The zero-order valence-corrected chi connectivity index (χ0v) is 12.2. The summed E-state index contributed by atoms with van der Waals surface area (Å²) >= 11 is 6.17. The Kier molecular flexibility index (Phi) is 3.70. The van der Waals surface area contributed by atoms with Gasteiger partial charge in [-0.3, -0.25) is 9.48 Å². The van der Waals surface area contributed by atoms with Crippen molar-refractivity contribution in [1.29, 1.82) is 0 Å². The molecule has 1 aliphatic rings. The van der Waals surface area contributed by atoms with Gasteiger partial charge in [0.2, 0.25) is 0 Å². The third kappa shape index (κ3) is 2.95. The standard InChI is InChI=1S/C14H14ClN3O3/c1-18-4-3-12(17-18)16-14(19)9-7-10(15)13-11(8-9)20-5-2-6-21-13/h3-4,7-8H,2,5-6H2,1H3,(H,16,17,19). The highest BCUT2D eigenvalue weighted by Gasteiger charge is 2.18. The van der Waals surface area contributed by atoms with E-state index in [1.807, 2.05) is 0 Å². The maximum Gasteiger partial charge on any atom is 0.257 e. The number of benzene rings is 1. The van der Waals surface area contributed by atoms with Crippen LogP contribution in [-0.4, -0.2) is 28.9 Å². The zero-order valence-electron chi connectivity index (χ0n) is 11.4. The van der Waals surface area contributed by atoms with E-state index in [4.69, 9.17) is 21.1 Å². The van der Waals surface area contributed by atoms with Gasteiger partial charge in [0.15, 0.2) is 17.3 Å². The van der Waals surface area contributed by atoms with Gasteiger partial charge >= 0.3 is 0 Å². The summed E-state index contributed by atoms with van der Waals surface area (Å²) in [5.74, 6) is 1.16. The molecule has 0 unspecified atom stereocenters. The number of aromatic nitrogens is 2. The number of nitrogens with one attached hydrogen (secondary N) is 1. The Balaban J connectivity index is 1.86. The smallest absolute Gasteiger partial charge is 0.257 e. The lowest BCUT2D eigenvalue weighted by Crippen LogP contribution is -2.13. The molecule has 3 rings (SSSR count). The molecule has 2 heterocycles. The van der Waals surface area contributed by atoms with E-state index in [-0.39, 0.29) is 5.91 Å². The third-order valence-corrected chi connectivity index (χ3v) is 3.30. The minimum atomic E-state index is -0.300. The Hall–Kier alpha value is -2.21. The SMILES string of the molecule is Cn1ccc(NC(=O)c2cc(Cl)c3c(c2)OCCCO3)n1. The van der Waals surface area contributed by atoms with E-state index >= 15 is 0 Å². The fourth-order valence-electron chi connectivity index (χ4n) is 2.03. The molecule has 1 aromatic carbocycles. The van der Waals surface area contributed by atoms with Crippen LogP contribution in [0.15, 0.2) is 24.4 Å². The van der Waals surface area contributed by atoms with Gasteiger partial charge in [-0.15, -0.1) is 0 Å². The number of amides is 1.